The Bertz CT molecular complexity index is 495. The Hall–Kier alpha value is -1.18. The molecule has 0 saturated carbocycles. The fourth-order valence-electron chi connectivity index (χ4n) is 1.56. The highest BCUT2D eigenvalue weighted by atomic mass is 127. The van der Waals surface area contributed by atoms with Crippen molar-refractivity contribution in [3.63, 3.8) is 0 Å². The van der Waals surface area contributed by atoms with Gasteiger partial charge in [0.25, 0.3) is 0 Å². The third-order valence-corrected chi connectivity index (χ3v) is 3.49. The van der Waals surface area contributed by atoms with Gasteiger partial charge in [0, 0.05) is 19.4 Å². The fourth-order valence-corrected chi connectivity index (χ4v) is 2.34. The van der Waals surface area contributed by atoms with Crippen molar-refractivity contribution in [2.75, 3.05) is 12.4 Å². The van der Waals surface area contributed by atoms with Crippen molar-refractivity contribution in [3.8, 4) is 11.6 Å². The first kappa shape index (κ1) is 12.3. The second-order valence-electron chi connectivity index (χ2n) is 3.59. The number of aromatic nitrogens is 4. The average Bonchev–Trinajstić information content (AvgIpc) is 2.85. The topological polar surface area (TPSA) is 66.5 Å². The monoisotopic (exact) mass is 343 g/mol. The number of hydrogen-bond donors (Lipinski definition) is 2. The molecule has 0 aliphatic heterocycles. The summed E-state index contributed by atoms with van der Waals surface area (Å²) in [6, 6.07) is 0. The van der Waals surface area contributed by atoms with Gasteiger partial charge in [0.2, 0.25) is 0 Å². The van der Waals surface area contributed by atoms with E-state index in [0.717, 1.165) is 27.9 Å². The van der Waals surface area contributed by atoms with Gasteiger partial charge in [0.05, 0.1) is 9.26 Å². The average molecular weight is 343 g/mol. The molecule has 2 aromatic heterocycles. The van der Waals surface area contributed by atoms with Crippen LogP contribution in [0.4, 0.5) is 5.82 Å². The Kier molecular flexibility index (Phi) is 3.93. The van der Waals surface area contributed by atoms with Gasteiger partial charge in [-0.2, -0.15) is 0 Å². The van der Waals surface area contributed by atoms with E-state index in [9.17, 15) is 0 Å². The third-order valence-electron chi connectivity index (χ3n) is 2.35. The number of nitrogens with zero attached hydrogens (tertiary/aromatic N) is 3. The van der Waals surface area contributed by atoms with Crippen molar-refractivity contribution in [2.24, 2.45) is 0 Å². The molecule has 2 rings (SSSR count). The number of aryl methyl sites for hydroxylation is 1. The summed E-state index contributed by atoms with van der Waals surface area (Å²) in [5.74, 6) is 2.20. The van der Waals surface area contributed by atoms with Crippen LogP contribution in [0.1, 0.15) is 19.0 Å². The first-order valence-electron chi connectivity index (χ1n) is 5.50. The van der Waals surface area contributed by atoms with Crippen molar-refractivity contribution in [2.45, 2.75) is 19.8 Å². The quantitative estimate of drug-likeness (QED) is 0.837. The molecule has 0 spiro atoms. The van der Waals surface area contributed by atoms with Crippen LogP contribution >= 0.6 is 22.6 Å². The van der Waals surface area contributed by atoms with E-state index in [-0.39, 0.29) is 0 Å². The number of aromatic amines is 1. The van der Waals surface area contributed by atoms with E-state index in [1.54, 1.807) is 12.4 Å². The molecule has 6 heteroatoms. The van der Waals surface area contributed by atoms with Crippen LogP contribution in [0, 0.1) is 3.57 Å². The number of imidazole rings is 1. The van der Waals surface area contributed by atoms with E-state index in [1.807, 2.05) is 7.05 Å². The van der Waals surface area contributed by atoms with Gasteiger partial charge in [-0.15, -0.1) is 0 Å². The Morgan fingerprint density at radius 2 is 2.24 bits per heavy atom. The lowest BCUT2D eigenvalue weighted by molar-refractivity contribution is 0.865. The highest BCUT2D eigenvalue weighted by molar-refractivity contribution is 14.1. The lowest BCUT2D eigenvalue weighted by atomic mass is 10.2. The minimum absolute atomic E-state index is 0.642. The van der Waals surface area contributed by atoms with Gasteiger partial charge in [0.1, 0.15) is 5.82 Å². The Morgan fingerprint density at radius 1 is 1.41 bits per heavy atom. The first-order valence-corrected chi connectivity index (χ1v) is 6.58. The van der Waals surface area contributed by atoms with E-state index in [4.69, 9.17) is 0 Å². The second-order valence-corrected chi connectivity index (χ2v) is 4.67. The number of nitrogens with one attached hydrogen (secondary N) is 2. The summed E-state index contributed by atoms with van der Waals surface area (Å²) < 4.78 is 1.09. The van der Waals surface area contributed by atoms with Crippen LogP contribution in [0.25, 0.3) is 11.6 Å². The van der Waals surface area contributed by atoms with E-state index in [0.29, 0.717) is 11.6 Å². The predicted octanol–water partition coefficient (Wildman–Crippen LogP) is 2.47. The van der Waals surface area contributed by atoms with E-state index >= 15 is 0 Å². The zero-order chi connectivity index (χ0) is 12.3. The highest BCUT2D eigenvalue weighted by Gasteiger charge is 2.13. The molecule has 0 fully saturated rings. The smallest absolute Gasteiger partial charge is 0.197 e. The van der Waals surface area contributed by atoms with Gasteiger partial charge >= 0.3 is 0 Å². The van der Waals surface area contributed by atoms with Crippen LogP contribution in [0.15, 0.2) is 12.4 Å². The first-order chi connectivity index (χ1) is 8.26. The Balaban J connectivity index is 2.50. The van der Waals surface area contributed by atoms with Crippen molar-refractivity contribution >= 4 is 28.4 Å². The molecule has 0 bridgehead atoms. The molecule has 0 aliphatic carbocycles. The fraction of sp³-hybridized carbons (Fsp3) is 0.364. The molecule has 90 valence electrons. The lowest BCUT2D eigenvalue weighted by Crippen LogP contribution is -2.05. The molecule has 2 heterocycles. The van der Waals surface area contributed by atoms with Gasteiger partial charge in [-0.25, -0.2) is 15.0 Å². The van der Waals surface area contributed by atoms with Crippen molar-refractivity contribution in [1.29, 1.82) is 0 Å². The number of hydrogen-bond acceptors (Lipinski definition) is 4. The highest BCUT2D eigenvalue weighted by Crippen LogP contribution is 2.22. The van der Waals surface area contributed by atoms with Crippen LogP contribution in [-0.2, 0) is 6.42 Å². The summed E-state index contributed by atoms with van der Waals surface area (Å²) in [5, 5.41) is 3.10. The summed E-state index contributed by atoms with van der Waals surface area (Å²) >= 11 is 2.28. The molecule has 0 amide bonds. The van der Waals surface area contributed by atoms with Crippen LogP contribution in [0.5, 0.6) is 0 Å². The summed E-state index contributed by atoms with van der Waals surface area (Å²) in [5.41, 5.74) is 1.07. The van der Waals surface area contributed by atoms with Crippen LogP contribution in [0.2, 0.25) is 0 Å². The number of rotatable bonds is 4. The maximum absolute atomic E-state index is 4.56. The van der Waals surface area contributed by atoms with E-state index in [1.165, 1.54) is 0 Å². The van der Waals surface area contributed by atoms with Crippen molar-refractivity contribution in [1.82, 2.24) is 19.9 Å². The summed E-state index contributed by atoms with van der Waals surface area (Å²) in [4.78, 5) is 16.2. The molecule has 0 unspecified atom stereocenters. The molecule has 17 heavy (non-hydrogen) atoms. The summed E-state index contributed by atoms with van der Waals surface area (Å²) in [7, 11) is 1.87. The predicted molar refractivity (Wildman–Crippen MR) is 75.9 cm³/mol. The molecule has 0 radical (unpaired) electrons. The van der Waals surface area contributed by atoms with E-state index < -0.39 is 0 Å². The molecule has 0 aromatic carbocycles. The molecule has 2 N–H and O–H groups in total. The third kappa shape index (κ3) is 2.56. The maximum Gasteiger partial charge on any atom is 0.197 e. The summed E-state index contributed by atoms with van der Waals surface area (Å²) in [6.07, 6.45) is 5.49. The van der Waals surface area contributed by atoms with E-state index in [2.05, 4.69) is 54.8 Å². The van der Waals surface area contributed by atoms with Gasteiger partial charge in [-0.3, -0.25) is 0 Å². The standard InChI is InChI=1S/C11H14IN5/c1-3-4-7-8(12)9(13-2)17-11(16-7)10-14-5-6-15-10/h5-6H,3-4H2,1-2H3,(H,14,15)(H,13,16,17). The number of H-pyrrole nitrogens is 1. The SMILES string of the molecule is CCCc1nc(-c2ncc[nH]2)nc(NC)c1I. The summed E-state index contributed by atoms with van der Waals surface area (Å²) in [6.45, 7) is 2.14. The zero-order valence-corrected chi connectivity index (χ0v) is 11.9. The minimum Gasteiger partial charge on any atom is -0.372 e. The molecule has 0 atom stereocenters. The van der Waals surface area contributed by atoms with Crippen LogP contribution < -0.4 is 5.32 Å². The van der Waals surface area contributed by atoms with Crippen molar-refractivity contribution < 1.29 is 0 Å². The van der Waals surface area contributed by atoms with Gasteiger partial charge in [-0.1, -0.05) is 13.3 Å². The maximum atomic E-state index is 4.56. The Morgan fingerprint density at radius 3 is 2.82 bits per heavy atom. The molecular weight excluding hydrogens is 329 g/mol. The lowest BCUT2D eigenvalue weighted by Gasteiger charge is -2.09. The van der Waals surface area contributed by atoms with Crippen LogP contribution in [0.3, 0.4) is 0 Å². The van der Waals surface area contributed by atoms with Gasteiger partial charge in [0.15, 0.2) is 11.6 Å². The van der Waals surface area contributed by atoms with Gasteiger partial charge < -0.3 is 10.3 Å². The zero-order valence-electron chi connectivity index (χ0n) is 9.79. The minimum atomic E-state index is 0.642. The number of halogens is 1. The Labute approximate surface area is 114 Å². The number of anilines is 1. The molecule has 5 nitrogen and oxygen atoms in total. The van der Waals surface area contributed by atoms with Crippen molar-refractivity contribution in [3.05, 3.63) is 21.7 Å². The van der Waals surface area contributed by atoms with Gasteiger partial charge in [-0.05, 0) is 29.0 Å². The molecule has 0 aliphatic rings. The molecule has 2 aromatic rings. The largest absolute Gasteiger partial charge is 0.372 e. The normalized spacial score (nSPS) is 10.5. The molecule has 0 saturated heterocycles. The second kappa shape index (κ2) is 5.44. The van der Waals surface area contributed by atoms with Crippen LogP contribution in [-0.4, -0.2) is 27.0 Å². The molecular formula is C11H14IN5.